The summed E-state index contributed by atoms with van der Waals surface area (Å²) in [4.78, 5) is 0. The largest absolute Gasteiger partial charge is 0.399 e. The fourth-order valence-electron chi connectivity index (χ4n) is 1.20. The Morgan fingerprint density at radius 1 is 1.42 bits per heavy atom. The first-order valence-electron chi connectivity index (χ1n) is 3.58. The Hall–Kier alpha value is -1.22. The molecule has 2 N–H and O–H groups in total. The van der Waals surface area contributed by atoms with Crippen LogP contribution in [0.15, 0.2) is 18.2 Å². The van der Waals surface area contributed by atoms with E-state index >= 15 is 0 Å². The molecule has 0 atom stereocenters. The van der Waals surface area contributed by atoms with Gasteiger partial charge in [0.25, 0.3) is 0 Å². The van der Waals surface area contributed by atoms with Gasteiger partial charge in [0, 0.05) is 5.69 Å². The number of hydrogen-bond donors (Lipinski definition) is 1. The van der Waals surface area contributed by atoms with Gasteiger partial charge >= 0.3 is 0 Å². The minimum Gasteiger partial charge on any atom is -0.399 e. The highest BCUT2D eigenvalue weighted by atomic mass is 35.5. The van der Waals surface area contributed by atoms with Crippen molar-refractivity contribution >= 4 is 22.8 Å². The molecule has 4 heteroatoms. The Balaban J connectivity index is 2.88. The van der Waals surface area contributed by atoms with Crippen molar-refractivity contribution in [2.24, 2.45) is 0 Å². The molecule has 0 aliphatic carbocycles. The fourth-order valence-corrected chi connectivity index (χ4v) is 1.47. The van der Waals surface area contributed by atoms with Crippen LogP contribution in [-0.4, -0.2) is 9.61 Å². The van der Waals surface area contributed by atoms with Crippen LogP contribution >= 0.6 is 11.6 Å². The van der Waals surface area contributed by atoms with E-state index in [1.807, 2.05) is 19.1 Å². The second kappa shape index (κ2) is 2.38. The third-order valence-corrected chi connectivity index (χ3v) is 1.93. The minimum atomic E-state index is 0.540. The number of nitrogen functional groups attached to an aromatic ring is 1. The SMILES string of the molecule is Cc1cc2cc(N)cc(Cl)n2n1. The second-order valence-corrected chi connectivity index (χ2v) is 3.12. The molecule has 0 amide bonds. The van der Waals surface area contributed by atoms with Crippen molar-refractivity contribution in [3.63, 3.8) is 0 Å². The van der Waals surface area contributed by atoms with Crippen LogP contribution in [0.5, 0.6) is 0 Å². The first-order chi connectivity index (χ1) is 5.66. The Kier molecular flexibility index (Phi) is 1.48. The zero-order valence-corrected chi connectivity index (χ0v) is 7.34. The molecular weight excluding hydrogens is 174 g/mol. The molecular formula is C8H8ClN3. The monoisotopic (exact) mass is 181 g/mol. The second-order valence-electron chi connectivity index (χ2n) is 2.73. The molecule has 62 valence electrons. The molecule has 0 spiro atoms. The lowest BCUT2D eigenvalue weighted by Gasteiger charge is -1.97. The normalized spacial score (nSPS) is 10.8. The van der Waals surface area contributed by atoms with Gasteiger partial charge in [0.15, 0.2) is 0 Å². The van der Waals surface area contributed by atoms with E-state index in [0.717, 1.165) is 11.2 Å². The number of anilines is 1. The minimum absolute atomic E-state index is 0.540. The predicted octanol–water partition coefficient (Wildman–Crippen LogP) is 1.88. The lowest BCUT2D eigenvalue weighted by molar-refractivity contribution is 0.935. The van der Waals surface area contributed by atoms with E-state index < -0.39 is 0 Å². The Morgan fingerprint density at radius 3 is 2.92 bits per heavy atom. The molecule has 0 aromatic carbocycles. The van der Waals surface area contributed by atoms with E-state index in [2.05, 4.69) is 5.10 Å². The molecule has 0 aliphatic rings. The lowest BCUT2D eigenvalue weighted by atomic mass is 10.3. The zero-order valence-electron chi connectivity index (χ0n) is 6.58. The van der Waals surface area contributed by atoms with Gasteiger partial charge in [-0.15, -0.1) is 0 Å². The number of rotatable bonds is 0. The summed E-state index contributed by atoms with van der Waals surface area (Å²) in [7, 11) is 0. The first kappa shape index (κ1) is 7.43. The highest BCUT2D eigenvalue weighted by Gasteiger charge is 2.01. The number of aromatic nitrogens is 2. The van der Waals surface area contributed by atoms with Crippen LogP contribution in [0.25, 0.3) is 5.52 Å². The molecule has 2 aromatic rings. The zero-order chi connectivity index (χ0) is 8.72. The maximum absolute atomic E-state index is 5.90. The standard InChI is InChI=1S/C8H8ClN3/c1-5-2-7-3-6(10)4-8(9)12(7)11-5/h2-4H,10H2,1H3. The van der Waals surface area contributed by atoms with Crippen LogP contribution in [0.3, 0.4) is 0 Å². The van der Waals surface area contributed by atoms with E-state index in [1.165, 1.54) is 0 Å². The summed E-state index contributed by atoms with van der Waals surface area (Å²) in [6.07, 6.45) is 0. The van der Waals surface area contributed by atoms with E-state index in [1.54, 1.807) is 10.6 Å². The molecule has 2 heterocycles. The van der Waals surface area contributed by atoms with E-state index in [9.17, 15) is 0 Å². The van der Waals surface area contributed by atoms with Crippen molar-refractivity contribution in [1.82, 2.24) is 9.61 Å². The topological polar surface area (TPSA) is 43.3 Å². The summed E-state index contributed by atoms with van der Waals surface area (Å²) in [6.45, 7) is 1.92. The average molecular weight is 182 g/mol. The fraction of sp³-hybridized carbons (Fsp3) is 0.125. The van der Waals surface area contributed by atoms with Crippen LogP contribution in [0.2, 0.25) is 5.15 Å². The number of nitrogens with two attached hydrogens (primary N) is 1. The van der Waals surface area contributed by atoms with Crippen molar-refractivity contribution in [1.29, 1.82) is 0 Å². The van der Waals surface area contributed by atoms with Crippen molar-refractivity contribution in [2.75, 3.05) is 5.73 Å². The van der Waals surface area contributed by atoms with Gasteiger partial charge in [-0.1, -0.05) is 11.6 Å². The highest BCUT2D eigenvalue weighted by molar-refractivity contribution is 6.30. The first-order valence-corrected chi connectivity index (χ1v) is 3.96. The van der Waals surface area contributed by atoms with Gasteiger partial charge in [-0.25, -0.2) is 4.52 Å². The molecule has 0 aliphatic heterocycles. The molecule has 0 saturated heterocycles. The summed E-state index contributed by atoms with van der Waals surface area (Å²) >= 11 is 5.90. The van der Waals surface area contributed by atoms with Crippen LogP contribution < -0.4 is 5.73 Å². The Bertz CT molecular complexity index is 433. The van der Waals surface area contributed by atoms with Crippen molar-refractivity contribution in [3.8, 4) is 0 Å². The summed E-state index contributed by atoms with van der Waals surface area (Å²) in [6, 6.07) is 5.45. The maximum Gasteiger partial charge on any atom is 0.133 e. The molecule has 3 nitrogen and oxygen atoms in total. The molecule has 2 aromatic heterocycles. The Morgan fingerprint density at radius 2 is 2.17 bits per heavy atom. The highest BCUT2D eigenvalue weighted by Crippen LogP contribution is 2.17. The summed E-state index contributed by atoms with van der Waals surface area (Å²) in [5.74, 6) is 0. The van der Waals surface area contributed by atoms with Gasteiger partial charge in [-0.3, -0.25) is 0 Å². The third kappa shape index (κ3) is 1.02. The van der Waals surface area contributed by atoms with Crippen LogP contribution in [0, 0.1) is 6.92 Å². The van der Waals surface area contributed by atoms with Gasteiger partial charge in [0.1, 0.15) is 5.15 Å². The molecule has 12 heavy (non-hydrogen) atoms. The summed E-state index contributed by atoms with van der Waals surface area (Å²) in [5, 5.41) is 4.72. The molecule has 0 radical (unpaired) electrons. The molecule has 2 rings (SSSR count). The van der Waals surface area contributed by atoms with E-state index in [4.69, 9.17) is 17.3 Å². The van der Waals surface area contributed by atoms with Crippen molar-refractivity contribution < 1.29 is 0 Å². The predicted molar refractivity (Wildman–Crippen MR) is 49.4 cm³/mol. The van der Waals surface area contributed by atoms with Crippen molar-refractivity contribution in [3.05, 3.63) is 29.0 Å². The molecule has 0 bridgehead atoms. The summed E-state index contributed by atoms with van der Waals surface area (Å²) < 4.78 is 1.66. The number of hydrogen-bond acceptors (Lipinski definition) is 2. The number of pyridine rings is 1. The third-order valence-electron chi connectivity index (χ3n) is 1.66. The number of aryl methyl sites for hydroxylation is 1. The van der Waals surface area contributed by atoms with Gasteiger partial charge in [0.05, 0.1) is 11.2 Å². The van der Waals surface area contributed by atoms with Crippen LogP contribution in [0.1, 0.15) is 5.69 Å². The molecule has 0 fully saturated rings. The average Bonchev–Trinajstić information content (AvgIpc) is 2.29. The van der Waals surface area contributed by atoms with Gasteiger partial charge in [-0.05, 0) is 25.1 Å². The number of fused-ring (bicyclic) bond motifs is 1. The van der Waals surface area contributed by atoms with E-state index in [-0.39, 0.29) is 0 Å². The van der Waals surface area contributed by atoms with E-state index in [0.29, 0.717) is 10.8 Å². The lowest BCUT2D eigenvalue weighted by Crippen LogP contribution is -1.92. The quantitative estimate of drug-likeness (QED) is 0.631. The molecule has 0 unspecified atom stereocenters. The van der Waals surface area contributed by atoms with Gasteiger partial charge < -0.3 is 5.73 Å². The molecule has 0 saturated carbocycles. The summed E-state index contributed by atoms with van der Waals surface area (Å²) in [5.41, 5.74) is 8.13. The number of halogens is 1. The smallest absolute Gasteiger partial charge is 0.133 e. The van der Waals surface area contributed by atoms with Crippen molar-refractivity contribution in [2.45, 2.75) is 6.92 Å². The Labute approximate surface area is 74.7 Å². The van der Waals surface area contributed by atoms with Gasteiger partial charge in [-0.2, -0.15) is 5.10 Å². The number of nitrogens with zero attached hydrogens (tertiary/aromatic N) is 2. The van der Waals surface area contributed by atoms with Gasteiger partial charge in [0.2, 0.25) is 0 Å². The van der Waals surface area contributed by atoms with Crippen LogP contribution in [0.4, 0.5) is 5.69 Å². The maximum atomic E-state index is 5.90. The van der Waals surface area contributed by atoms with Crippen LogP contribution in [-0.2, 0) is 0 Å².